The molecule has 6 heteroatoms. The smallest absolute Gasteiger partial charge is 0.191 e. The molecule has 1 heterocycles. The normalized spacial score (nSPS) is 16.1. The minimum atomic E-state index is -0.211. The highest BCUT2D eigenvalue weighted by Gasteiger charge is 2.11. The number of aliphatic imine (C=N–C) groups is 1. The molecule has 2 rings (SSSR count). The maximum atomic E-state index is 13.0. The Morgan fingerprint density at radius 2 is 2.11 bits per heavy atom. The highest BCUT2D eigenvalue weighted by atomic mass is 127. The zero-order chi connectivity index (χ0) is 12.8. The molecule has 1 saturated heterocycles. The maximum absolute atomic E-state index is 13.0. The van der Waals surface area contributed by atoms with E-state index in [1.54, 1.807) is 6.07 Å². The summed E-state index contributed by atoms with van der Waals surface area (Å²) in [5, 5.41) is 0. The van der Waals surface area contributed by atoms with Crippen LogP contribution in [-0.4, -0.2) is 43.7 Å². The molecule has 2 N–H and O–H groups in total. The molecular weight excluding hydrogens is 360 g/mol. The van der Waals surface area contributed by atoms with Gasteiger partial charge in [-0.2, -0.15) is 0 Å². The minimum absolute atomic E-state index is 0. The summed E-state index contributed by atoms with van der Waals surface area (Å²) in [6, 6.07) is 6.57. The van der Waals surface area contributed by atoms with Crippen LogP contribution in [0.4, 0.5) is 4.39 Å². The van der Waals surface area contributed by atoms with Gasteiger partial charge in [-0.3, -0.25) is 4.99 Å². The van der Waals surface area contributed by atoms with Crippen LogP contribution in [0.3, 0.4) is 0 Å². The predicted molar refractivity (Wildman–Crippen MR) is 84.4 cm³/mol. The van der Waals surface area contributed by atoms with Crippen LogP contribution in [0.5, 0.6) is 0 Å². The van der Waals surface area contributed by atoms with E-state index in [0.29, 0.717) is 32.1 Å². The van der Waals surface area contributed by atoms with E-state index in [4.69, 9.17) is 10.5 Å². The number of hydrogen-bond acceptors (Lipinski definition) is 2. The summed E-state index contributed by atoms with van der Waals surface area (Å²) in [7, 11) is 0. The monoisotopic (exact) mass is 379 g/mol. The summed E-state index contributed by atoms with van der Waals surface area (Å²) < 4.78 is 18.2. The van der Waals surface area contributed by atoms with Gasteiger partial charge in [0.1, 0.15) is 5.82 Å². The van der Waals surface area contributed by atoms with Crippen LogP contribution in [0.1, 0.15) is 5.56 Å². The van der Waals surface area contributed by atoms with Gasteiger partial charge in [0, 0.05) is 19.6 Å². The van der Waals surface area contributed by atoms with Crippen LogP contribution < -0.4 is 5.73 Å². The van der Waals surface area contributed by atoms with Crippen molar-refractivity contribution in [3.63, 3.8) is 0 Å². The second kappa shape index (κ2) is 8.31. The van der Waals surface area contributed by atoms with E-state index in [1.165, 1.54) is 12.1 Å². The third kappa shape index (κ3) is 5.32. The second-order valence-corrected chi connectivity index (χ2v) is 4.22. The van der Waals surface area contributed by atoms with Crippen molar-refractivity contribution in [3.05, 3.63) is 35.6 Å². The fourth-order valence-corrected chi connectivity index (χ4v) is 1.88. The lowest BCUT2D eigenvalue weighted by atomic mass is 10.1. The number of rotatable bonds is 3. The van der Waals surface area contributed by atoms with Gasteiger partial charge in [-0.1, -0.05) is 12.1 Å². The van der Waals surface area contributed by atoms with E-state index < -0.39 is 0 Å². The number of halogens is 2. The molecule has 1 fully saturated rings. The highest BCUT2D eigenvalue weighted by Crippen LogP contribution is 2.04. The largest absolute Gasteiger partial charge is 0.378 e. The van der Waals surface area contributed by atoms with Crippen molar-refractivity contribution in [1.29, 1.82) is 0 Å². The van der Waals surface area contributed by atoms with Crippen LogP contribution in [0.2, 0.25) is 0 Å². The molecule has 1 aromatic rings. The zero-order valence-corrected chi connectivity index (χ0v) is 13.0. The third-order valence-corrected chi connectivity index (χ3v) is 2.90. The van der Waals surface area contributed by atoms with Gasteiger partial charge in [0.2, 0.25) is 0 Å². The van der Waals surface area contributed by atoms with E-state index >= 15 is 0 Å². The summed E-state index contributed by atoms with van der Waals surface area (Å²) in [4.78, 5) is 6.32. The number of hydrogen-bond donors (Lipinski definition) is 1. The van der Waals surface area contributed by atoms with Gasteiger partial charge in [-0.25, -0.2) is 4.39 Å². The number of ether oxygens (including phenoxy) is 1. The van der Waals surface area contributed by atoms with Crippen molar-refractivity contribution in [2.24, 2.45) is 10.7 Å². The van der Waals surface area contributed by atoms with Crippen molar-refractivity contribution < 1.29 is 9.13 Å². The van der Waals surface area contributed by atoms with Crippen LogP contribution in [0.25, 0.3) is 0 Å². The Morgan fingerprint density at radius 3 is 2.79 bits per heavy atom. The van der Waals surface area contributed by atoms with Gasteiger partial charge < -0.3 is 15.4 Å². The van der Waals surface area contributed by atoms with Gasteiger partial charge >= 0.3 is 0 Å². The number of guanidine groups is 1. The Bertz CT molecular complexity index is 422. The molecule has 0 saturated carbocycles. The van der Waals surface area contributed by atoms with E-state index in [1.807, 2.05) is 11.0 Å². The molecule has 0 unspecified atom stereocenters. The molecule has 19 heavy (non-hydrogen) atoms. The van der Waals surface area contributed by atoms with Gasteiger partial charge in [0.15, 0.2) is 5.96 Å². The molecule has 1 aliphatic heterocycles. The van der Waals surface area contributed by atoms with Crippen LogP contribution in [0, 0.1) is 5.82 Å². The van der Waals surface area contributed by atoms with Gasteiger partial charge in [0.05, 0.1) is 13.2 Å². The fraction of sp³-hybridized carbons (Fsp3) is 0.462. The number of nitrogens with zero attached hydrogens (tertiary/aromatic N) is 2. The molecule has 0 spiro atoms. The van der Waals surface area contributed by atoms with Gasteiger partial charge in [-0.15, -0.1) is 24.0 Å². The predicted octanol–water partition coefficient (Wildman–Crippen LogP) is 1.63. The molecule has 0 atom stereocenters. The Labute approximate surface area is 129 Å². The Morgan fingerprint density at radius 1 is 1.37 bits per heavy atom. The first kappa shape index (κ1) is 16.2. The summed E-state index contributed by atoms with van der Waals surface area (Å²) in [6.07, 6.45) is 0.697. The first-order valence-electron chi connectivity index (χ1n) is 6.13. The molecule has 0 aromatic heterocycles. The summed E-state index contributed by atoms with van der Waals surface area (Å²) in [6.45, 7) is 3.54. The SMILES string of the molecule is I.NC(=NCCc1cccc(F)c1)N1CCOCC1. The second-order valence-electron chi connectivity index (χ2n) is 4.22. The molecule has 0 aliphatic carbocycles. The molecule has 1 aromatic carbocycles. The molecular formula is C13H19FIN3O. The first-order valence-corrected chi connectivity index (χ1v) is 6.13. The maximum Gasteiger partial charge on any atom is 0.191 e. The molecule has 0 bridgehead atoms. The Balaban J connectivity index is 0.00000180. The standard InChI is InChI=1S/C13H18FN3O.HI/c14-12-3-1-2-11(10-12)4-5-16-13(15)17-6-8-18-9-7-17;/h1-3,10H,4-9H2,(H2,15,16);1H. The van der Waals surface area contributed by atoms with Crippen molar-refractivity contribution in [1.82, 2.24) is 4.90 Å². The van der Waals surface area contributed by atoms with E-state index in [0.717, 1.165) is 18.7 Å². The molecule has 1 aliphatic rings. The summed E-state index contributed by atoms with van der Waals surface area (Å²) >= 11 is 0. The average molecular weight is 379 g/mol. The zero-order valence-electron chi connectivity index (χ0n) is 10.7. The lowest BCUT2D eigenvalue weighted by molar-refractivity contribution is 0.0674. The molecule has 0 amide bonds. The van der Waals surface area contributed by atoms with E-state index in [9.17, 15) is 4.39 Å². The molecule has 106 valence electrons. The molecule has 4 nitrogen and oxygen atoms in total. The Hall–Kier alpha value is -0.890. The van der Waals surface area contributed by atoms with E-state index in [-0.39, 0.29) is 29.8 Å². The van der Waals surface area contributed by atoms with E-state index in [2.05, 4.69) is 4.99 Å². The lowest BCUT2D eigenvalue weighted by Gasteiger charge is -2.27. The van der Waals surface area contributed by atoms with Crippen molar-refractivity contribution in [2.75, 3.05) is 32.8 Å². The van der Waals surface area contributed by atoms with Gasteiger partial charge in [-0.05, 0) is 24.1 Å². The first-order chi connectivity index (χ1) is 8.75. The molecule has 0 radical (unpaired) electrons. The summed E-state index contributed by atoms with van der Waals surface area (Å²) in [5.41, 5.74) is 6.83. The number of benzene rings is 1. The highest BCUT2D eigenvalue weighted by molar-refractivity contribution is 14.0. The minimum Gasteiger partial charge on any atom is -0.378 e. The topological polar surface area (TPSA) is 50.8 Å². The van der Waals surface area contributed by atoms with Crippen LogP contribution >= 0.6 is 24.0 Å². The number of nitrogens with two attached hydrogens (primary N) is 1. The van der Waals surface area contributed by atoms with Crippen molar-refractivity contribution in [3.8, 4) is 0 Å². The average Bonchev–Trinajstić information content (AvgIpc) is 2.40. The Kier molecular flexibility index (Phi) is 7.07. The fourth-order valence-electron chi connectivity index (χ4n) is 1.88. The summed E-state index contributed by atoms with van der Waals surface area (Å²) in [5.74, 6) is 0.340. The lowest BCUT2D eigenvalue weighted by Crippen LogP contribution is -2.44. The third-order valence-electron chi connectivity index (χ3n) is 2.90. The van der Waals surface area contributed by atoms with Gasteiger partial charge in [0.25, 0.3) is 0 Å². The van der Waals surface area contributed by atoms with Crippen LogP contribution in [0.15, 0.2) is 29.3 Å². The van der Waals surface area contributed by atoms with Crippen molar-refractivity contribution >= 4 is 29.9 Å². The quantitative estimate of drug-likeness (QED) is 0.494. The number of morpholine rings is 1. The van der Waals surface area contributed by atoms with Crippen LogP contribution in [-0.2, 0) is 11.2 Å². The van der Waals surface area contributed by atoms with Crippen molar-refractivity contribution in [2.45, 2.75) is 6.42 Å².